The van der Waals surface area contributed by atoms with E-state index in [4.69, 9.17) is 10.5 Å². The van der Waals surface area contributed by atoms with Crippen molar-refractivity contribution in [3.63, 3.8) is 0 Å². The van der Waals surface area contributed by atoms with E-state index in [1.807, 2.05) is 30.3 Å². The third-order valence-electron chi connectivity index (χ3n) is 4.24. The number of carbonyl (C=O) groups excluding carboxylic acids is 2. The predicted octanol–water partition coefficient (Wildman–Crippen LogP) is 1.63. The van der Waals surface area contributed by atoms with Gasteiger partial charge in [-0.25, -0.2) is 9.97 Å². The summed E-state index contributed by atoms with van der Waals surface area (Å²) in [5.74, 6) is 0.531. The second kappa shape index (κ2) is 7.29. The zero-order valence-corrected chi connectivity index (χ0v) is 14.0. The van der Waals surface area contributed by atoms with Gasteiger partial charge in [0.2, 0.25) is 0 Å². The van der Waals surface area contributed by atoms with Gasteiger partial charge in [0.05, 0.1) is 17.3 Å². The van der Waals surface area contributed by atoms with Crippen molar-refractivity contribution in [2.75, 3.05) is 13.2 Å². The lowest BCUT2D eigenvalue weighted by molar-refractivity contribution is -0.134. The van der Waals surface area contributed by atoms with Crippen molar-refractivity contribution in [1.29, 1.82) is 0 Å². The minimum absolute atomic E-state index is 0.0289. The molecule has 1 atom stereocenters. The lowest BCUT2D eigenvalue weighted by atomic mass is 10.1. The third kappa shape index (κ3) is 3.76. The molecule has 130 valence electrons. The van der Waals surface area contributed by atoms with Crippen molar-refractivity contribution in [1.82, 2.24) is 14.9 Å². The second-order valence-electron chi connectivity index (χ2n) is 5.94. The summed E-state index contributed by atoms with van der Waals surface area (Å²) in [5.41, 5.74) is 6.11. The van der Waals surface area contributed by atoms with E-state index >= 15 is 0 Å². The van der Waals surface area contributed by atoms with E-state index < -0.39 is 5.91 Å². The van der Waals surface area contributed by atoms with Gasteiger partial charge in [-0.05, 0) is 31.9 Å². The highest BCUT2D eigenvalue weighted by Gasteiger charge is 2.32. The summed E-state index contributed by atoms with van der Waals surface area (Å²) in [4.78, 5) is 34.2. The summed E-state index contributed by atoms with van der Waals surface area (Å²) >= 11 is 0. The van der Waals surface area contributed by atoms with Crippen LogP contribution in [0.25, 0.3) is 0 Å². The van der Waals surface area contributed by atoms with Gasteiger partial charge in [0.1, 0.15) is 5.75 Å². The Kier molecular flexibility index (Phi) is 4.92. The molecule has 0 bridgehead atoms. The van der Waals surface area contributed by atoms with Crippen LogP contribution in [0.2, 0.25) is 0 Å². The molecule has 7 nitrogen and oxygen atoms in total. The topological polar surface area (TPSA) is 98.4 Å². The molecule has 1 aromatic carbocycles. The van der Waals surface area contributed by atoms with Gasteiger partial charge >= 0.3 is 0 Å². The van der Waals surface area contributed by atoms with E-state index in [0.29, 0.717) is 29.4 Å². The molecule has 25 heavy (non-hydrogen) atoms. The zero-order valence-electron chi connectivity index (χ0n) is 14.0. The van der Waals surface area contributed by atoms with Crippen molar-refractivity contribution in [3.8, 4) is 5.75 Å². The Morgan fingerprint density at radius 3 is 2.76 bits per heavy atom. The Hall–Kier alpha value is -2.96. The fourth-order valence-corrected chi connectivity index (χ4v) is 2.97. The molecule has 0 unspecified atom stereocenters. The molecule has 2 aromatic rings. The first-order valence-corrected chi connectivity index (χ1v) is 8.17. The Morgan fingerprint density at radius 2 is 2.08 bits per heavy atom. The second-order valence-corrected chi connectivity index (χ2v) is 5.94. The zero-order chi connectivity index (χ0) is 17.8. The fraction of sp³-hybridized carbons (Fsp3) is 0.333. The van der Waals surface area contributed by atoms with Crippen LogP contribution in [0.5, 0.6) is 5.75 Å². The lowest BCUT2D eigenvalue weighted by Crippen LogP contribution is -2.35. The Balaban J connectivity index is 1.70. The number of ether oxygens (including phenoxy) is 1. The minimum atomic E-state index is -0.556. The van der Waals surface area contributed by atoms with Gasteiger partial charge in [-0.1, -0.05) is 18.2 Å². The monoisotopic (exact) mass is 340 g/mol. The number of para-hydroxylation sites is 1. The number of carbonyl (C=O) groups is 2. The van der Waals surface area contributed by atoms with Crippen molar-refractivity contribution in [2.45, 2.75) is 25.8 Å². The number of hydrogen-bond acceptors (Lipinski definition) is 5. The Labute approximate surface area is 145 Å². The normalized spacial score (nSPS) is 16.7. The SMILES string of the molecule is Cc1nc([C@@H]2CCCN2C(=O)COc2ccccc2)ncc1C(N)=O. The molecule has 2 N–H and O–H groups in total. The van der Waals surface area contributed by atoms with Gasteiger partial charge in [-0.15, -0.1) is 0 Å². The molecule has 0 aliphatic carbocycles. The number of nitrogens with zero attached hydrogens (tertiary/aromatic N) is 3. The maximum absolute atomic E-state index is 12.5. The van der Waals surface area contributed by atoms with E-state index in [9.17, 15) is 9.59 Å². The van der Waals surface area contributed by atoms with Gasteiger partial charge in [0.25, 0.3) is 11.8 Å². The molecule has 1 fully saturated rings. The van der Waals surface area contributed by atoms with E-state index in [-0.39, 0.29) is 18.6 Å². The molecule has 0 radical (unpaired) electrons. The molecule has 2 amide bonds. The van der Waals surface area contributed by atoms with Crippen molar-refractivity contribution in [3.05, 3.63) is 53.6 Å². The highest BCUT2D eigenvalue weighted by atomic mass is 16.5. The van der Waals surface area contributed by atoms with Crippen LogP contribution in [-0.2, 0) is 4.79 Å². The molecule has 1 aliphatic rings. The molecular weight excluding hydrogens is 320 g/mol. The molecule has 0 spiro atoms. The largest absolute Gasteiger partial charge is 0.484 e. The predicted molar refractivity (Wildman–Crippen MR) is 90.9 cm³/mol. The highest BCUT2D eigenvalue weighted by molar-refractivity contribution is 5.93. The van der Waals surface area contributed by atoms with Crippen LogP contribution in [0.4, 0.5) is 0 Å². The molecule has 1 saturated heterocycles. The summed E-state index contributed by atoms with van der Waals surface area (Å²) in [6.07, 6.45) is 3.09. The Bertz CT molecular complexity index is 779. The van der Waals surface area contributed by atoms with Crippen LogP contribution >= 0.6 is 0 Å². The van der Waals surface area contributed by atoms with Crippen LogP contribution in [0.3, 0.4) is 0 Å². The van der Waals surface area contributed by atoms with E-state index in [2.05, 4.69) is 9.97 Å². The van der Waals surface area contributed by atoms with Crippen LogP contribution in [0.15, 0.2) is 36.5 Å². The van der Waals surface area contributed by atoms with Gasteiger partial charge in [-0.3, -0.25) is 9.59 Å². The summed E-state index contributed by atoms with van der Waals surface area (Å²) in [6.45, 7) is 2.32. The number of likely N-dealkylation sites (tertiary alicyclic amines) is 1. The molecule has 7 heteroatoms. The van der Waals surface area contributed by atoms with E-state index in [0.717, 1.165) is 12.8 Å². The van der Waals surface area contributed by atoms with Gasteiger partial charge in [0, 0.05) is 12.7 Å². The Morgan fingerprint density at radius 1 is 1.32 bits per heavy atom. The average Bonchev–Trinajstić information content (AvgIpc) is 3.10. The number of hydrogen-bond donors (Lipinski definition) is 1. The van der Waals surface area contributed by atoms with Crippen LogP contribution in [0, 0.1) is 6.92 Å². The third-order valence-corrected chi connectivity index (χ3v) is 4.24. The lowest BCUT2D eigenvalue weighted by Gasteiger charge is -2.24. The quantitative estimate of drug-likeness (QED) is 0.892. The molecular formula is C18H20N4O3. The molecule has 1 aromatic heterocycles. The summed E-state index contributed by atoms with van der Waals surface area (Å²) in [5, 5.41) is 0. The summed E-state index contributed by atoms with van der Waals surface area (Å²) in [7, 11) is 0. The number of rotatable bonds is 5. The summed E-state index contributed by atoms with van der Waals surface area (Å²) < 4.78 is 5.55. The number of amides is 2. The minimum Gasteiger partial charge on any atom is -0.484 e. The molecule has 2 heterocycles. The number of benzene rings is 1. The van der Waals surface area contributed by atoms with E-state index in [1.54, 1.807) is 11.8 Å². The average molecular weight is 340 g/mol. The van der Waals surface area contributed by atoms with Crippen LogP contribution in [-0.4, -0.2) is 39.8 Å². The van der Waals surface area contributed by atoms with Gasteiger partial charge in [0.15, 0.2) is 12.4 Å². The number of aromatic nitrogens is 2. The first kappa shape index (κ1) is 16.9. The number of primary amides is 1. The van der Waals surface area contributed by atoms with Crippen LogP contribution < -0.4 is 10.5 Å². The first-order chi connectivity index (χ1) is 12.1. The molecule has 1 aliphatic heterocycles. The van der Waals surface area contributed by atoms with Gasteiger partial charge in [-0.2, -0.15) is 0 Å². The highest BCUT2D eigenvalue weighted by Crippen LogP contribution is 2.30. The first-order valence-electron chi connectivity index (χ1n) is 8.17. The van der Waals surface area contributed by atoms with E-state index in [1.165, 1.54) is 6.20 Å². The van der Waals surface area contributed by atoms with Gasteiger partial charge < -0.3 is 15.4 Å². The van der Waals surface area contributed by atoms with Crippen LogP contribution in [0.1, 0.15) is 40.8 Å². The maximum Gasteiger partial charge on any atom is 0.261 e. The molecule has 3 rings (SSSR count). The maximum atomic E-state index is 12.5. The number of nitrogens with two attached hydrogens (primary N) is 1. The smallest absolute Gasteiger partial charge is 0.261 e. The fourth-order valence-electron chi connectivity index (χ4n) is 2.97. The standard InChI is InChI=1S/C18H20N4O3/c1-12-14(17(19)24)10-20-18(21-12)15-8-5-9-22(15)16(23)11-25-13-6-3-2-4-7-13/h2-4,6-7,10,15H,5,8-9,11H2,1H3,(H2,19,24)/t15-/m0/s1. The summed E-state index contributed by atoms with van der Waals surface area (Å²) in [6, 6.07) is 9.02. The van der Waals surface area contributed by atoms with Crippen molar-refractivity contribution in [2.24, 2.45) is 5.73 Å². The number of aryl methyl sites for hydroxylation is 1. The molecule has 0 saturated carbocycles. The van der Waals surface area contributed by atoms with Crippen molar-refractivity contribution < 1.29 is 14.3 Å². The van der Waals surface area contributed by atoms with Crippen molar-refractivity contribution >= 4 is 11.8 Å².